The number of nitrogen functional groups attached to an aromatic ring is 1. The van der Waals surface area contributed by atoms with Gasteiger partial charge in [-0.15, -0.1) is 6.42 Å². The highest BCUT2D eigenvalue weighted by molar-refractivity contribution is 7.86. The van der Waals surface area contributed by atoms with Gasteiger partial charge in [-0.05, 0) is 41.5 Å². The number of aromatic carboxylic acids is 1. The molecule has 0 saturated heterocycles. The number of rotatable bonds is 7. The molecule has 0 fully saturated rings. The van der Waals surface area contributed by atoms with Gasteiger partial charge in [-0.1, -0.05) is 18.1 Å². The number of terminal acetylenes is 1. The van der Waals surface area contributed by atoms with Crippen LogP contribution in [0.4, 0.5) is 5.69 Å². The number of fused-ring (bicyclic) bond motifs is 2. The number of benzene rings is 3. The molecule has 1 heterocycles. The van der Waals surface area contributed by atoms with Gasteiger partial charge in [0.25, 0.3) is 20.2 Å². The second kappa shape index (κ2) is 10.1. The first-order chi connectivity index (χ1) is 18.6. The molecule has 0 spiro atoms. The van der Waals surface area contributed by atoms with Crippen molar-refractivity contribution < 1.29 is 45.1 Å². The fourth-order valence-corrected chi connectivity index (χ4v) is 5.77. The Morgan fingerprint density at radius 2 is 1.65 bits per heavy atom. The predicted octanol–water partition coefficient (Wildman–Crippen LogP) is 1.75. The van der Waals surface area contributed by atoms with Crippen molar-refractivity contribution in [3.8, 4) is 34.8 Å². The van der Waals surface area contributed by atoms with E-state index in [2.05, 4.69) is 11.2 Å². The lowest BCUT2D eigenvalue weighted by atomic mass is 9.89. The lowest BCUT2D eigenvalue weighted by Gasteiger charge is -2.20. The zero-order valence-electron chi connectivity index (χ0n) is 20.1. The van der Waals surface area contributed by atoms with Gasteiger partial charge in [0.05, 0.1) is 29.6 Å². The van der Waals surface area contributed by atoms with Gasteiger partial charge in [-0.2, -0.15) is 16.8 Å². The fourth-order valence-electron chi connectivity index (χ4n) is 4.29. The number of carboxylic acids is 1. The van der Waals surface area contributed by atoms with Crippen molar-refractivity contribution in [2.45, 2.75) is 16.2 Å². The molecule has 4 rings (SSSR count). The highest BCUT2D eigenvalue weighted by Gasteiger charge is 2.31. The molecule has 2 aromatic carbocycles. The number of nitrogens with one attached hydrogen (secondary N) is 2. The summed E-state index contributed by atoms with van der Waals surface area (Å²) >= 11 is 0. The first-order valence-corrected chi connectivity index (χ1v) is 13.9. The van der Waals surface area contributed by atoms with E-state index in [-0.39, 0.29) is 46.2 Å². The summed E-state index contributed by atoms with van der Waals surface area (Å²) in [5.41, 5.74) is 4.29. The second-order valence-corrected chi connectivity index (χ2v) is 11.2. The Morgan fingerprint density at radius 1 is 1.00 bits per heavy atom. The van der Waals surface area contributed by atoms with E-state index in [9.17, 15) is 40.6 Å². The molecule has 0 atom stereocenters. The normalized spacial score (nSPS) is 11.8. The number of carboxylic acid groups (broad SMARTS) is 1. The first kappa shape index (κ1) is 28.3. The van der Waals surface area contributed by atoms with E-state index in [4.69, 9.17) is 22.0 Å². The molecule has 2 aliphatic rings. The van der Waals surface area contributed by atoms with Crippen LogP contribution in [0, 0.1) is 17.8 Å². The van der Waals surface area contributed by atoms with Crippen molar-refractivity contribution in [3.05, 3.63) is 58.9 Å². The van der Waals surface area contributed by atoms with Crippen LogP contribution in [0.25, 0.3) is 33.4 Å². The Kier molecular flexibility index (Phi) is 7.13. The molecule has 0 radical (unpaired) electrons. The maximum atomic E-state index is 12.4. The molecule has 0 aromatic heterocycles. The Balaban J connectivity index is 2.18. The number of hydrogen-bond acceptors (Lipinski definition) is 9. The number of amides is 1. The average molecular weight is 586 g/mol. The van der Waals surface area contributed by atoms with E-state index in [1.54, 1.807) is 0 Å². The van der Waals surface area contributed by atoms with Crippen molar-refractivity contribution in [3.63, 3.8) is 0 Å². The highest BCUT2D eigenvalue weighted by Crippen LogP contribution is 2.45. The van der Waals surface area contributed by atoms with Crippen LogP contribution in [-0.4, -0.2) is 49.5 Å². The molecular formula is C25H19N3O10S2. The van der Waals surface area contributed by atoms with E-state index in [1.165, 1.54) is 30.3 Å². The molecule has 15 heteroatoms. The first-order valence-electron chi connectivity index (χ1n) is 11.0. The van der Waals surface area contributed by atoms with Gasteiger partial charge in [-0.25, -0.2) is 4.79 Å². The Morgan fingerprint density at radius 3 is 2.25 bits per heavy atom. The molecule has 1 amide bonds. The number of nitrogens with two attached hydrogens (primary N) is 1. The largest absolute Gasteiger partial charge is 0.478 e. The minimum atomic E-state index is -5.14. The summed E-state index contributed by atoms with van der Waals surface area (Å²) < 4.78 is 74.4. The molecule has 1 aliphatic heterocycles. The zero-order chi connectivity index (χ0) is 29.6. The van der Waals surface area contributed by atoms with Gasteiger partial charge in [0.2, 0.25) is 5.91 Å². The predicted molar refractivity (Wildman–Crippen MR) is 141 cm³/mol. The van der Waals surface area contributed by atoms with Crippen molar-refractivity contribution in [2.75, 3.05) is 12.3 Å². The summed E-state index contributed by atoms with van der Waals surface area (Å²) in [7, 11) is -10.2. The Hall–Kier alpha value is -4.75. The number of carbonyl (C=O) groups is 2. The third kappa shape index (κ3) is 5.11. The lowest BCUT2D eigenvalue weighted by molar-refractivity contribution is -0.120. The van der Waals surface area contributed by atoms with Crippen LogP contribution in [0.5, 0.6) is 0 Å². The third-order valence-electron chi connectivity index (χ3n) is 5.85. The molecule has 0 saturated carbocycles. The lowest BCUT2D eigenvalue weighted by Crippen LogP contribution is -2.25. The van der Waals surface area contributed by atoms with Crippen molar-refractivity contribution in [1.82, 2.24) is 5.32 Å². The summed E-state index contributed by atoms with van der Waals surface area (Å²) in [5, 5.41) is 19.7. The molecule has 13 nitrogen and oxygen atoms in total. The molecular weight excluding hydrogens is 566 g/mol. The van der Waals surface area contributed by atoms with Gasteiger partial charge < -0.3 is 20.6 Å². The van der Waals surface area contributed by atoms with Crippen LogP contribution >= 0.6 is 0 Å². The van der Waals surface area contributed by atoms with Crippen LogP contribution < -0.4 is 16.4 Å². The minimum Gasteiger partial charge on any atom is -0.478 e. The Labute approximate surface area is 226 Å². The SMILES string of the molecule is C#CCNC(=O)Cc1ccc(-c2c3ccc(=N)c(S(=O)(=O)O)c-3oc3c(S(=O)(=O)O)c(N)ccc23)c(C(=O)O)c1. The van der Waals surface area contributed by atoms with Gasteiger partial charge in [-0.3, -0.25) is 19.3 Å². The average Bonchev–Trinajstić information content (AvgIpc) is 2.84. The van der Waals surface area contributed by atoms with E-state index >= 15 is 0 Å². The van der Waals surface area contributed by atoms with E-state index in [0.717, 1.165) is 12.1 Å². The minimum absolute atomic E-state index is 0.0402. The van der Waals surface area contributed by atoms with Gasteiger partial charge in [0.15, 0.2) is 21.1 Å². The number of carbonyl (C=O) groups excluding carboxylic acids is 1. The van der Waals surface area contributed by atoms with Crippen LogP contribution in [0.15, 0.2) is 56.7 Å². The maximum absolute atomic E-state index is 12.4. The summed E-state index contributed by atoms with van der Waals surface area (Å²) in [4.78, 5) is 22.5. The van der Waals surface area contributed by atoms with E-state index in [1.807, 2.05) is 0 Å². The quantitative estimate of drug-likeness (QED) is 0.0790. The molecule has 206 valence electrons. The molecule has 7 N–H and O–H groups in total. The van der Waals surface area contributed by atoms with Crippen LogP contribution in [-0.2, 0) is 31.5 Å². The standard InChI is InChI=1S/C25H19N3O10S2/c1-2-9-28-19(29)11-12-3-4-13(16(10-12)25(30)31)20-14-5-7-17(26)23(39(32,33)34)21(14)38-22-15(20)6-8-18(27)24(22)40(35,36)37/h1,3-8,10,26H,9,11,27H2,(H,28,29)(H,30,31)(H,32,33,34)(H,35,36,37). The third-order valence-corrected chi connectivity index (χ3v) is 7.71. The number of anilines is 1. The summed E-state index contributed by atoms with van der Waals surface area (Å²) in [6.45, 7) is -0.0402. The summed E-state index contributed by atoms with van der Waals surface area (Å²) in [6.07, 6.45) is 4.90. The van der Waals surface area contributed by atoms with Crippen molar-refractivity contribution >= 4 is 48.8 Å². The van der Waals surface area contributed by atoms with Crippen LogP contribution in [0.3, 0.4) is 0 Å². The highest BCUT2D eigenvalue weighted by atomic mass is 32.2. The van der Waals surface area contributed by atoms with Crippen molar-refractivity contribution in [1.29, 1.82) is 5.41 Å². The molecule has 40 heavy (non-hydrogen) atoms. The summed E-state index contributed by atoms with van der Waals surface area (Å²) in [5.74, 6) is -0.393. The van der Waals surface area contributed by atoms with E-state index in [0.29, 0.717) is 0 Å². The summed E-state index contributed by atoms with van der Waals surface area (Å²) in [6, 6.07) is 8.55. The Bertz CT molecular complexity index is 2020. The maximum Gasteiger partial charge on any atom is 0.336 e. The topological polar surface area (TPSA) is 238 Å². The smallest absolute Gasteiger partial charge is 0.336 e. The molecule has 1 aliphatic carbocycles. The van der Waals surface area contributed by atoms with Crippen LogP contribution in [0.2, 0.25) is 0 Å². The molecule has 0 bridgehead atoms. The second-order valence-electron chi connectivity index (χ2n) is 8.45. The van der Waals surface area contributed by atoms with Crippen LogP contribution in [0.1, 0.15) is 15.9 Å². The number of hydrogen-bond donors (Lipinski definition) is 6. The molecule has 2 aromatic rings. The van der Waals surface area contributed by atoms with Gasteiger partial charge in [0, 0.05) is 16.5 Å². The van der Waals surface area contributed by atoms with Gasteiger partial charge in [0.1, 0.15) is 0 Å². The molecule has 0 unspecified atom stereocenters. The van der Waals surface area contributed by atoms with Gasteiger partial charge >= 0.3 is 5.97 Å². The zero-order valence-corrected chi connectivity index (χ0v) is 21.8. The fraction of sp³-hybridized carbons (Fsp3) is 0.0800. The van der Waals surface area contributed by atoms with Crippen molar-refractivity contribution in [2.24, 2.45) is 0 Å². The monoisotopic (exact) mass is 585 g/mol. The van der Waals surface area contributed by atoms with E-state index < -0.39 is 64.3 Å².